The molecule has 1 aliphatic rings. The van der Waals surface area contributed by atoms with Crippen LogP contribution >= 0.6 is 0 Å². The molecule has 1 aliphatic carbocycles. The first-order valence-corrected chi connectivity index (χ1v) is 11.0. The monoisotopic (exact) mass is 466 g/mol. The van der Waals surface area contributed by atoms with Gasteiger partial charge in [-0.2, -0.15) is 5.10 Å². The zero-order chi connectivity index (χ0) is 23.9. The van der Waals surface area contributed by atoms with Crippen LogP contribution in [0, 0.1) is 5.82 Å². The summed E-state index contributed by atoms with van der Waals surface area (Å²) in [6, 6.07) is 11.9. The molecule has 8 nitrogen and oxygen atoms in total. The summed E-state index contributed by atoms with van der Waals surface area (Å²) in [6.45, 7) is 0.399. The highest BCUT2D eigenvalue weighted by Crippen LogP contribution is 2.25. The van der Waals surface area contributed by atoms with Gasteiger partial charge in [-0.15, -0.1) is 0 Å². The third-order valence-electron chi connectivity index (χ3n) is 6.04. The van der Waals surface area contributed by atoms with Crippen molar-refractivity contribution in [2.24, 2.45) is 0 Å². The van der Waals surface area contributed by atoms with E-state index in [1.807, 2.05) is 18.2 Å². The normalized spacial score (nSPS) is 12.7. The number of halogens is 1. The number of nitrogens with one attached hydrogen (secondary N) is 1. The third-order valence-corrected chi connectivity index (χ3v) is 6.04. The predicted molar refractivity (Wildman–Crippen MR) is 130 cm³/mol. The highest BCUT2D eigenvalue weighted by atomic mass is 19.1. The summed E-state index contributed by atoms with van der Waals surface area (Å²) in [4.78, 5) is 33.9. The number of rotatable bonds is 6. The van der Waals surface area contributed by atoms with Crippen molar-refractivity contribution >= 4 is 16.7 Å². The maximum atomic E-state index is 14.0. The molecular weight excluding hydrogens is 447 g/mol. The Kier molecular flexibility index (Phi) is 4.88. The molecule has 5 aromatic rings. The minimum atomic E-state index is -0.421. The highest BCUT2D eigenvalue weighted by molar-refractivity contribution is 5.86. The number of hydrogen-bond donors (Lipinski definition) is 1. The minimum Gasteiger partial charge on any atom is -0.349 e. The molecule has 172 valence electrons. The molecule has 6 rings (SSSR count). The average molecular weight is 466 g/mol. The number of hydrogen-bond acceptors (Lipinski definition) is 4. The number of fused-ring (bicyclic) bond motifs is 1. The van der Waals surface area contributed by atoms with Crippen molar-refractivity contribution in [2.75, 3.05) is 0 Å². The molecule has 9 heteroatoms. The SMILES string of the molecule is O=c1c2[nH]c(-c3cnn(Cc4ccccc4F)c3)cc2n(C2=CC=C2)c(=O)n1Cc1ccncc1. The van der Waals surface area contributed by atoms with Crippen LogP contribution in [0.25, 0.3) is 28.0 Å². The van der Waals surface area contributed by atoms with Crippen LogP contribution in [0.5, 0.6) is 0 Å². The summed E-state index contributed by atoms with van der Waals surface area (Å²) in [5.74, 6) is -0.296. The predicted octanol–water partition coefficient (Wildman–Crippen LogP) is 3.40. The first-order chi connectivity index (χ1) is 17.1. The second kappa shape index (κ2) is 8.21. The van der Waals surface area contributed by atoms with E-state index in [1.54, 1.807) is 65.9 Å². The van der Waals surface area contributed by atoms with E-state index in [0.717, 1.165) is 11.1 Å². The van der Waals surface area contributed by atoms with Crippen LogP contribution in [0.1, 0.15) is 11.1 Å². The lowest BCUT2D eigenvalue weighted by Crippen LogP contribution is -2.40. The van der Waals surface area contributed by atoms with E-state index < -0.39 is 11.2 Å². The third kappa shape index (κ3) is 3.63. The van der Waals surface area contributed by atoms with Gasteiger partial charge in [0.25, 0.3) is 5.56 Å². The van der Waals surface area contributed by atoms with Gasteiger partial charge in [0, 0.05) is 29.7 Å². The van der Waals surface area contributed by atoms with Gasteiger partial charge >= 0.3 is 5.69 Å². The van der Waals surface area contributed by atoms with E-state index in [-0.39, 0.29) is 18.9 Å². The number of benzene rings is 1. The number of aromatic nitrogens is 6. The average Bonchev–Trinajstić information content (AvgIpc) is 3.48. The summed E-state index contributed by atoms with van der Waals surface area (Å²) >= 11 is 0. The Morgan fingerprint density at radius 1 is 1.03 bits per heavy atom. The van der Waals surface area contributed by atoms with Crippen molar-refractivity contribution in [3.63, 3.8) is 0 Å². The largest absolute Gasteiger partial charge is 0.349 e. The van der Waals surface area contributed by atoms with Gasteiger partial charge in [-0.25, -0.2) is 9.18 Å². The highest BCUT2D eigenvalue weighted by Gasteiger charge is 2.20. The van der Waals surface area contributed by atoms with E-state index in [9.17, 15) is 14.0 Å². The Morgan fingerprint density at radius 3 is 2.57 bits per heavy atom. The van der Waals surface area contributed by atoms with Crippen molar-refractivity contribution in [3.8, 4) is 11.3 Å². The molecule has 0 aliphatic heterocycles. The van der Waals surface area contributed by atoms with Crippen LogP contribution in [-0.4, -0.2) is 28.9 Å². The number of nitrogens with zero attached hydrogens (tertiary/aromatic N) is 5. The molecule has 0 saturated carbocycles. The molecule has 0 unspecified atom stereocenters. The van der Waals surface area contributed by atoms with E-state index in [4.69, 9.17) is 0 Å². The summed E-state index contributed by atoms with van der Waals surface area (Å²) in [6.07, 6.45) is 12.2. The summed E-state index contributed by atoms with van der Waals surface area (Å²) < 4.78 is 18.4. The first kappa shape index (κ1) is 20.8. The van der Waals surface area contributed by atoms with Crippen LogP contribution < -0.4 is 11.2 Å². The zero-order valence-corrected chi connectivity index (χ0v) is 18.4. The molecule has 1 N–H and O–H groups in total. The Balaban J connectivity index is 1.45. The van der Waals surface area contributed by atoms with E-state index in [1.165, 1.54) is 15.2 Å². The molecule has 1 aromatic carbocycles. The van der Waals surface area contributed by atoms with Crippen molar-refractivity contribution < 1.29 is 4.39 Å². The molecule has 0 spiro atoms. The molecule has 0 atom stereocenters. The molecule has 35 heavy (non-hydrogen) atoms. The minimum absolute atomic E-state index is 0.127. The number of aromatic amines is 1. The number of H-pyrrole nitrogens is 1. The van der Waals surface area contributed by atoms with Gasteiger partial charge < -0.3 is 4.98 Å². The fourth-order valence-corrected chi connectivity index (χ4v) is 4.17. The lowest BCUT2D eigenvalue weighted by Gasteiger charge is -2.15. The topological polar surface area (TPSA) is 90.5 Å². The molecule has 0 radical (unpaired) electrons. The van der Waals surface area contributed by atoms with E-state index in [0.29, 0.717) is 28.0 Å². The lowest BCUT2D eigenvalue weighted by atomic mass is 10.2. The maximum absolute atomic E-state index is 14.0. The molecule has 0 amide bonds. The van der Waals surface area contributed by atoms with E-state index in [2.05, 4.69) is 15.1 Å². The van der Waals surface area contributed by atoms with Crippen LogP contribution in [0.4, 0.5) is 4.39 Å². The molecule has 0 fully saturated rings. The number of pyridine rings is 1. The van der Waals surface area contributed by atoms with Crippen molar-refractivity contribution in [3.05, 3.63) is 123 Å². The Bertz CT molecular complexity index is 1750. The molecule has 0 bridgehead atoms. The second-order valence-electron chi connectivity index (χ2n) is 8.28. The van der Waals surface area contributed by atoms with Crippen LogP contribution in [0.3, 0.4) is 0 Å². The Labute approximate surface area is 197 Å². The van der Waals surface area contributed by atoms with Crippen LogP contribution in [0.15, 0.2) is 95.1 Å². The summed E-state index contributed by atoms with van der Waals surface area (Å²) in [5.41, 5.74) is 3.34. The van der Waals surface area contributed by atoms with E-state index >= 15 is 0 Å². The van der Waals surface area contributed by atoms with Gasteiger partial charge in [-0.1, -0.05) is 24.3 Å². The fourth-order valence-electron chi connectivity index (χ4n) is 4.17. The summed E-state index contributed by atoms with van der Waals surface area (Å²) in [5, 5.41) is 4.35. The molecule has 4 heterocycles. The van der Waals surface area contributed by atoms with Crippen LogP contribution in [0.2, 0.25) is 0 Å². The maximum Gasteiger partial charge on any atom is 0.336 e. The zero-order valence-electron chi connectivity index (χ0n) is 18.4. The van der Waals surface area contributed by atoms with Crippen molar-refractivity contribution in [2.45, 2.75) is 13.1 Å². The lowest BCUT2D eigenvalue weighted by molar-refractivity contribution is 0.585. The smallest absolute Gasteiger partial charge is 0.336 e. The molecular formula is C26H19FN6O2. The standard InChI is InChI=1S/C26H19FN6O2/c27-21-7-2-1-4-18(21)15-31-16-19(13-29-31)22-12-23-24(30-22)25(34)32(14-17-8-10-28-11-9-17)26(35)33(23)20-5-3-6-20/h1-13,16,30H,14-15H2. The van der Waals surface area contributed by atoms with Gasteiger partial charge in [-0.05, 0) is 42.0 Å². The summed E-state index contributed by atoms with van der Waals surface area (Å²) in [7, 11) is 0. The van der Waals surface area contributed by atoms with Crippen LogP contribution in [-0.2, 0) is 13.1 Å². The van der Waals surface area contributed by atoms with Gasteiger partial charge in [-0.3, -0.25) is 23.6 Å². The molecule has 0 saturated heterocycles. The Hall–Kier alpha value is -4.79. The quantitative estimate of drug-likeness (QED) is 0.415. The van der Waals surface area contributed by atoms with Gasteiger partial charge in [0.1, 0.15) is 11.3 Å². The second-order valence-corrected chi connectivity index (χ2v) is 8.28. The van der Waals surface area contributed by atoms with Crippen molar-refractivity contribution in [1.82, 2.24) is 28.9 Å². The Morgan fingerprint density at radius 2 is 1.83 bits per heavy atom. The fraction of sp³-hybridized carbons (Fsp3) is 0.0769. The van der Waals surface area contributed by atoms with Gasteiger partial charge in [0.15, 0.2) is 0 Å². The van der Waals surface area contributed by atoms with Gasteiger partial charge in [0.05, 0.1) is 36.2 Å². The van der Waals surface area contributed by atoms with Gasteiger partial charge in [0.2, 0.25) is 0 Å². The first-order valence-electron chi connectivity index (χ1n) is 11.0. The van der Waals surface area contributed by atoms with Crippen molar-refractivity contribution in [1.29, 1.82) is 0 Å². The molecule has 4 aromatic heterocycles. The number of allylic oxidation sites excluding steroid dienone is 4.